The molecule has 2 unspecified atom stereocenters. The van der Waals surface area contributed by atoms with E-state index in [1.54, 1.807) is 19.1 Å². The van der Waals surface area contributed by atoms with Crippen molar-refractivity contribution in [2.45, 2.75) is 32.5 Å². The maximum Gasteiger partial charge on any atom is 0.185 e. The van der Waals surface area contributed by atoms with Crippen molar-refractivity contribution in [2.24, 2.45) is 0 Å². The maximum absolute atomic E-state index is 10.8. The lowest BCUT2D eigenvalue weighted by Gasteiger charge is -2.18. The third-order valence-electron chi connectivity index (χ3n) is 2.46. The van der Waals surface area contributed by atoms with E-state index in [9.17, 15) is 15.0 Å². The van der Waals surface area contributed by atoms with Crippen molar-refractivity contribution < 1.29 is 15.0 Å². The van der Waals surface area contributed by atoms with Gasteiger partial charge >= 0.3 is 0 Å². The van der Waals surface area contributed by atoms with Gasteiger partial charge in [0.15, 0.2) is 5.12 Å². The second-order valence-corrected chi connectivity index (χ2v) is 5.34. The van der Waals surface area contributed by atoms with E-state index in [1.165, 1.54) is 6.92 Å². The average molecular weight is 270 g/mol. The van der Waals surface area contributed by atoms with Gasteiger partial charge in [-0.2, -0.15) is 0 Å². The van der Waals surface area contributed by atoms with Gasteiger partial charge in [0.2, 0.25) is 0 Å². The highest BCUT2D eigenvalue weighted by molar-refractivity contribution is 8.13. The summed E-state index contributed by atoms with van der Waals surface area (Å²) in [6.45, 7) is 3.25. The number of carbonyl (C=O) groups excluding carboxylic acids is 1. The number of rotatable bonds is 5. The van der Waals surface area contributed by atoms with E-state index in [0.29, 0.717) is 17.9 Å². The molecular formula is C12H18N2O3S. The van der Waals surface area contributed by atoms with Crippen LogP contribution in [-0.4, -0.2) is 32.2 Å². The second-order valence-electron chi connectivity index (χ2n) is 4.07. The van der Waals surface area contributed by atoms with Crippen LogP contribution in [0.25, 0.3) is 0 Å². The third-order valence-corrected chi connectivity index (χ3v) is 3.31. The number of hydrogen-bond donors (Lipinski definition) is 3. The molecule has 1 aromatic heterocycles. The quantitative estimate of drug-likeness (QED) is 0.739. The summed E-state index contributed by atoms with van der Waals surface area (Å²) in [6, 6.07) is 3.39. The smallest absolute Gasteiger partial charge is 0.185 e. The van der Waals surface area contributed by atoms with E-state index < -0.39 is 12.2 Å². The van der Waals surface area contributed by atoms with E-state index >= 15 is 0 Å². The number of nitrogens with zero attached hydrogens (tertiary/aromatic N) is 1. The number of anilines is 1. The van der Waals surface area contributed by atoms with Crippen molar-refractivity contribution in [1.82, 2.24) is 4.98 Å². The Bertz CT molecular complexity index is 426. The van der Waals surface area contributed by atoms with Gasteiger partial charge in [-0.25, -0.2) is 0 Å². The lowest BCUT2D eigenvalue weighted by molar-refractivity contribution is -0.109. The first-order valence-electron chi connectivity index (χ1n) is 5.64. The Balaban J connectivity index is 2.64. The minimum atomic E-state index is -1.13. The van der Waals surface area contributed by atoms with Gasteiger partial charge in [0.05, 0.1) is 17.5 Å². The Morgan fingerprint density at radius 3 is 2.78 bits per heavy atom. The van der Waals surface area contributed by atoms with E-state index in [2.05, 4.69) is 4.98 Å². The first-order chi connectivity index (χ1) is 8.41. The van der Waals surface area contributed by atoms with Crippen LogP contribution in [0.1, 0.15) is 30.8 Å². The molecule has 0 aliphatic rings. The predicted molar refractivity (Wildman–Crippen MR) is 72.1 cm³/mol. The zero-order valence-corrected chi connectivity index (χ0v) is 11.3. The third kappa shape index (κ3) is 4.29. The van der Waals surface area contributed by atoms with Crippen LogP contribution in [0.15, 0.2) is 12.1 Å². The summed E-state index contributed by atoms with van der Waals surface area (Å²) in [5.41, 5.74) is 7.08. The maximum atomic E-state index is 10.8. The number of aliphatic hydroxyl groups excluding tert-OH is 2. The topological polar surface area (TPSA) is 96.4 Å². The summed E-state index contributed by atoms with van der Waals surface area (Å²) in [5.74, 6) is 0.458. The Hall–Kier alpha value is -1.11. The lowest BCUT2D eigenvalue weighted by Crippen LogP contribution is -2.21. The highest BCUT2D eigenvalue weighted by atomic mass is 32.2. The number of carbonyl (C=O) groups is 1. The highest BCUT2D eigenvalue weighted by Gasteiger charge is 2.22. The average Bonchev–Trinajstić information content (AvgIpc) is 2.30. The van der Waals surface area contributed by atoms with Gasteiger partial charge in [0, 0.05) is 18.4 Å². The number of aromatic nitrogens is 1. The van der Waals surface area contributed by atoms with Crippen molar-refractivity contribution >= 4 is 22.6 Å². The minimum absolute atomic E-state index is 0.00937. The van der Waals surface area contributed by atoms with Crippen LogP contribution in [0.4, 0.5) is 5.69 Å². The molecule has 5 nitrogen and oxygen atoms in total. The first kappa shape index (κ1) is 14.9. The Kier molecular flexibility index (Phi) is 5.58. The van der Waals surface area contributed by atoms with Crippen LogP contribution in [0, 0.1) is 6.92 Å². The van der Waals surface area contributed by atoms with Crippen molar-refractivity contribution in [3.63, 3.8) is 0 Å². The molecule has 0 saturated carbocycles. The second kappa shape index (κ2) is 6.72. The molecule has 0 radical (unpaired) electrons. The zero-order chi connectivity index (χ0) is 13.7. The molecule has 0 bridgehead atoms. The molecule has 2 atom stereocenters. The molecule has 0 amide bonds. The molecule has 0 fully saturated rings. The number of aryl methyl sites for hydroxylation is 1. The zero-order valence-electron chi connectivity index (χ0n) is 10.5. The molecule has 0 aromatic carbocycles. The van der Waals surface area contributed by atoms with Crippen LogP contribution in [0.2, 0.25) is 0 Å². The highest BCUT2D eigenvalue weighted by Crippen LogP contribution is 2.23. The van der Waals surface area contributed by atoms with Crippen molar-refractivity contribution in [1.29, 1.82) is 0 Å². The van der Waals surface area contributed by atoms with E-state index in [0.717, 1.165) is 17.5 Å². The molecule has 18 heavy (non-hydrogen) atoms. The Labute approximate surface area is 110 Å². The van der Waals surface area contributed by atoms with Gasteiger partial charge in [-0.05, 0) is 25.5 Å². The van der Waals surface area contributed by atoms with Gasteiger partial charge < -0.3 is 15.9 Å². The van der Waals surface area contributed by atoms with E-state index in [-0.39, 0.29) is 10.8 Å². The Morgan fingerprint density at radius 2 is 2.17 bits per heavy atom. The molecule has 100 valence electrons. The van der Waals surface area contributed by atoms with Crippen LogP contribution >= 0.6 is 11.8 Å². The fourth-order valence-corrected chi connectivity index (χ4v) is 2.13. The monoisotopic (exact) mass is 270 g/mol. The van der Waals surface area contributed by atoms with Gasteiger partial charge in [-0.1, -0.05) is 11.8 Å². The molecule has 6 heteroatoms. The Morgan fingerprint density at radius 1 is 1.50 bits per heavy atom. The molecule has 0 aliphatic heterocycles. The largest absolute Gasteiger partial charge is 0.397 e. The fourth-order valence-electron chi connectivity index (χ4n) is 1.49. The molecule has 1 rings (SSSR count). The van der Waals surface area contributed by atoms with Gasteiger partial charge in [0.1, 0.15) is 6.10 Å². The van der Waals surface area contributed by atoms with Gasteiger partial charge in [-0.3, -0.25) is 9.78 Å². The number of nitrogen functional groups attached to an aromatic ring is 1. The fraction of sp³-hybridized carbons (Fsp3) is 0.500. The SMILES string of the molecule is CC(=O)SCCC(O)C(O)c1nc(C)ccc1N. The molecular weight excluding hydrogens is 252 g/mol. The summed E-state index contributed by atoms with van der Waals surface area (Å²) < 4.78 is 0. The summed E-state index contributed by atoms with van der Waals surface area (Å²) >= 11 is 1.12. The normalized spacial score (nSPS) is 14.2. The number of pyridine rings is 1. The van der Waals surface area contributed by atoms with Gasteiger partial charge in [-0.15, -0.1) is 0 Å². The number of hydrogen-bond acceptors (Lipinski definition) is 6. The van der Waals surface area contributed by atoms with Crippen LogP contribution in [0.3, 0.4) is 0 Å². The van der Waals surface area contributed by atoms with Crippen LogP contribution < -0.4 is 5.73 Å². The number of nitrogens with two attached hydrogens (primary N) is 1. The van der Waals surface area contributed by atoms with E-state index in [1.807, 2.05) is 0 Å². The summed E-state index contributed by atoms with van der Waals surface area (Å²) in [7, 11) is 0. The molecule has 1 aromatic rings. The lowest BCUT2D eigenvalue weighted by atomic mass is 10.1. The molecule has 4 N–H and O–H groups in total. The summed E-state index contributed by atoms with van der Waals surface area (Å²) in [5, 5.41) is 19.8. The van der Waals surface area contributed by atoms with Crippen LogP contribution in [0.5, 0.6) is 0 Å². The molecule has 0 aliphatic carbocycles. The molecule has 1 heterocycles. The molecule has 0 saturated heterocycles. The first-order valence-corrected chi connectivity index (χ1v) is 6.63. The summed E-state index contributed by atoms with van der Waals surface area (Å²) in [4.78, 5) is 14.9. The van der Waals surface area contributed by atoms with E-state index in [4.69, 9.17) is 5.73 Å². The minimum Gasteiger partial charge on any atom is -0.397 e. The van der Waals surface area contributed by atoms with Crippen molar-refractivity contribution in [3.8, 4) is 0 Å². The number of aliphatic hydroxyl groups is 2. The predicted octanol–water partition coefficient (Wildman–Crippen LogP) is 1.04. The standard InChI is InChI=1S/C12H18N2O3S/c1-7-3-4-9(13)11(14-7)12(17)10(16)5-6-18-8(2)15/h3-4,10,12,16-17H,5-6,13H2,1-2H3. The van der Waals surface area contributed by atoms with Gasteiger partial charge in [0.25, 0.3) is 0 Å². The molecule has 0 spiro atoms. The number of thioether (sulfide) groups is 1. The van der Waals surface area contributed by atoms with Crippen LogP contribution in [-0.2, 0) is 4.79 Å². The van der Waals surface area contributed by atoms with Crippen molar-refractivity contribution in [2.75, 3.05) is 11.5 Å². The summed E-state index contributed by atoms with van der Waals surface area (Å²) in [6.07, 6.45) is -1.80. The van der Waals surface area contributed by atoms with Crippen molar-refractivity contribution in [3.05, 3.63) is 23.5 Å².